The molecule has 0 aliphatic heterocycles. The van der Waals surface area contributed by atoms with Gasteiger partial charge in [-0.05, 0) is 67.6 Å². The Morgan fingerprint density at radius 3 is 2.41 bits per heavy atom. The molecule has 1 atom stereocenters. The minimum Gasteiger partial charge on any atom is -0.506 e. The number of aromatic hydroxyl groups is 1. The molecule has 1 saturated carbocycles. The van der Waals surface area contributed by atoms with Gasteiger partial charge in [0.2, 0.25) is 11.8 Å². The fourth-order valence-electron chi connectivity index (χ4n) is 3.09. The van der Waals surface area contributed by atoms with Gasteiger partial charge in [-0.25, -0.2) is 18.0 Å². The summed E-state index contributed by atoms with van der Waals surface area (Å²) < 4.78 is 46.5. The third-order valence-electron chi connectivity index (χ3n) is 4.51. The van der Waals surface area contributed by atoms with Crippen LogP contribution in [0.3, 0.4) is 0 Å². The third kappa shape index (κ3) is 6.52. The number of alkyl carbamates (subject to hydrolysis) is 1. The summed E-state index contributed by atoms with van der Waals surface area (Å²) in [5.74, 6) is -5.66. The summed E-state index contributed by atoms with van der Waals surface area (Å²) in [6, 6.07) is 1.21. The summed E-state index contributed by atoms with van der Waals surface area (Å²) in [5.41, 5.74) is -1.30. The number of halogens is 4. The molecule has 6 nitrogen and oxygen atoms in total. The molecular formula is C19H24BrF3N2O4. The Kier molecular flexibility index (Phi) is 7.08. The molecule has 1 aliphatic carbocycles. The molecule has 1 aromatic rings. The van der Waals surface area contributed by atoms with Crippen LogP contribution in [0.1, 0.15) is 46.5 Å². The average molecular weight is 481 g/mol. The van der Waals surface area contributed by atoms with Crippen LogP contribution in [0.5, 0.6) is 5.75 Å². The number of phenols is 1. The van der Waals surface area contributed by atoms with Gasteiger partial charge in [-0.15, -0.1) is 0 Å². The molecule has 0 saturated heterocycles. The monoisotopic (exact) mass is 480 g/mol. The molecule has 0 aromatic heterocycles. The summed E-state index contributed by atoms with van der Waals surface area (Å²) in [5, 5.41) is 14.5. The molecule has 0 heterocycles. The van der Waals surface area contributed by atoms with E-state index in [1.54, 1.807) is 20.8 Å². The highest BCUT2D eigenvalue weighted by molar-refractivity contribution is 9.10. The van der Waals surface area contributed by atoms with Crippen molar-refractivity contribution in [1.82, 2.24) is 5.32 Å². The summed E-state index contributed by atoms with van der Waals surface area (Å²) in [6.45, 7) is 4.91. The third-order valence-corrected chi connectivity index (χ3v) is 5.12. The summed E-state index contributed by atoms with van der Waals surface area (Å²) >= 11 is 2.96. The number of nitrogens with one attached hydrogen (secondary N) is 2. The predicted molar refractivity (Wildman–Crippen MR) is 104 cm³/mol. The maximum Gasteiger partial charge on any atom is 0.408 e. The zero-order valence-corrected chi connectivity index (χ0v) is 17.9. The molecular weight excluding hydrogens is 457 g/mol. The number of carbonyl (C=O) groups is 2. The van der Waals surface area contributed by atoms with Gasteiger partial charge < -0.3 is 20.5 Å². The molecule has 0 bridgehead atoms. The zero-order valence-electron chi connectivity index (χ0n) is 16.3. The molecule has 29 heavy (non-hydrogen) atoms. The number of ether oxygens (including phenoxy) is 1. The number of carbonyl (C=O) groups excluding carboxylic acids is 2. The van der Waals surface area contributed by atoms with Crippen LogP contribution in [0.25, 0.3) is 0 Å². The Hall–Kier alpha value is -1.97. The average Bonchev–Trinajstić information content (AvgIpc) is 2.58. The van der Waals surface area contributed by atoms with E-state index < -0.39 is 65.6 Å². The molecule has 0 radical (unpaired) electrons. The van der Waals surface area contributed by atoms with E-state index in [2.05, 4.69) is 26.6 Å². The highest BCUT2D eigenvalue weighted by Crippen LogP contribution is 2.38. The van der Waals surface area contributed by atoms with Gasteiger partial charge in [0.25, 0.3) is 0 Å². The number of amides is 2. The number of alkyl halides is 2. The summed E-state index contributed by atoms with van der Waals surface area (Å²) in [4.78, 5) is 25.0. The quantitative estimate of drug-likeness (QED) is 0.532. The van der Waals surface area contributed by atoms with Crippen LogP contribution in [-0.2, 0) is 9.53 Å². The maximum atomic E-state index is 14.3. The minimum absolute atomic E-state index is 0.00612. The van der Waals surface area contributed by atoms with E-state index in [0.29, 0.717) is 0 Å². The van der Waals surface area contributed by atoms with Gasteiger partial charge in [0, 0.05) is 12.8 Å². The van der Waals surface area contributed by atoms with Crippen molar-refractivity contribution in [2.24, 2.45) is 5.92 Å². The van der Waals surface area contributed by atoms with E-state index in [1.807, 2.05) is 0 Å². The second-order valence-corrected chi connectivity index (χ2v) is 8.92. The first-order chi connectivity index (χ1) is 13.3. The number of rotatable bonds is 4. The van der Waals surface area contributed by atoms with E-state index in [1.165, 1.54) is 12.1 Å². The molecule has 1 fully saturated rings. The first kappa shape index (κ1) is 23.3. The summed E-state index contributed by atoms with van der Waals surface area (Å²) in [6.07, 6.45) is -1.75. The fraction of sp³-hybridized carbons (Fsp3) is 0.579. The lowest BCUT2D eigenvalue weighted by molar-refractivity contribution is -0.121. The molecule has 2 amide bonds. The number of benzene rings is 1. The highest BCUT2D eigenvalue weighted by atomic mass is 79.9. The molecule has 1 aliphatic rings. The van der Waals surface area contributed by atoms with Crippen molar-refractivity contribution in [3.05, 3.63) is 22.4 Å². The SMILES string of the molecule is CC(C)(C)OC(=O)NC(C(=O)Nc1c(O)ccc(Br)c1F)C1CCC(F)(F)CC1. The maximum absolute atomic E-state index is 14.3. The molecule has 1 aromatic carbocycles. The smallest absolute Gasteiger partial charge is 0.408 e. The van der Waals surface area contributed by atoms with Gasteiger partial charge in [0.1, 0.15) is 23.1 Å². The summed E-state index contributed by atoms with van der Waals surface area (Å²) in [7, 11) is 0. The minimum atomic E-state index is -2.82. The molecule has 3 N–H and O–H groups in total. The second kappa shape index (κ2) is 8.81. The van der Waals surface area contributed by atoms with Gasteiger partial charge in [-0.2, -0.15) is 0 Å². The van der Waals surface area contributed by atoms with Crippen LogP contribution < -0.4 is 10.6 Å². The van der Waals surface area contributed by atoms with Crippen LogP contribution in [0, 0.1) is 11.7 Å². The normalized spacial score (nSPS) is 18.0. The second-order valence-electron chi connectivity index (χ2n) is 8.06. The van der Waals surface area contributed by atoms with E-state index in [4.69, 9.17) is 4.74 Å². The number of anilines is 1. The van der Waals surface area contributed by atoms with Gasteiger partial charge in [0.15, 0.2) is 5.82 Å². The molecule has 2 rings (SSSR count). The van der Waals surface area contributed by atoms with Crippen LogP contribution in [0.2, 0.25) is 0 Å². The van der Waals surface area contributed by atoms with Crippen molar-refractivity contribution in [2.45, 2.75) is 64.0 Å². The lowest BCUT2D eigenvalue weighted by Gasteiger charge is -2.33. The number of phenolic OH excluding ortho intramolecular Hbond substituents is 1. The van der Waals surface area contributed by atoms with Crippen LogP contribution in [0.15, 0.2) is 16.6 Å². The van der Waals surface area contributed by atoms with E-state index >= 15 is 0 Å². The van der Waals surface area contributed by atoms with Crippen molar-refractivity contribution in [3.63, 3.8) is 0 Å². The molecule has 0 spiro atoms. The van der Waals surface area contributed by atoms with Crippen LogP contribution in [0.4, 0.5) is 23.7 Å². The van der Waals surface area contributed by atoms with E-state index in [9.17, 15) is 27.9 Å². The van der Waals surface area contributed by atoms with Crippen LogP contribution >= 0.6 is 15.9 Å². The first-order valence-corrected chi connectivity index (χ1v) is 9.93. The van der Waals surface area contributed by atoms with Crippen molar-refractivity contribution in [1.29, 1.82) is 0 Å². The highest BCUT2D eigenvalue weighted by Gasteiger charge is 2.41. The van der Waals surface area contributed by atoms with Crippen molar-refractivity contribution >= 4 is 33.6 Å². The Morgan fingerprint density at radius 1 is 1.28 bits per heavy atom. The number of hydrogen-bond donors (Lipinski definition) is 3. The lowest BCUT2D eigenvalue weighted by Crippen LogP contribution is -2.51. The predicted octanol–water partition coefficient (Wildman–Crippen LogP) is 4.95. The van der Waals surface area contributed by atoms with Crippen molar-refractivity contribution < 1.29 is 32.6 Å². The first-order valence-electron chi connectivity index (χ1n) is 9.14. The van der Waals surface area contributed by atoms with Gasteiger partial charge >= 0.3 is 6.09 Å². The Labute approximate surface area is 175 Å². The van der Waals surface area contributed by atoms with E-state index in [0.717, 1.165) is 0 Å². The van der Waals surface area contributed by atoms with Crippen LogP contribution in [-0.4, -0.2) is 34.7 Å². The zero-order chi connectivity index (χ0) is 22.0. The Bertz CT molecular complexity index is 773. The standard InChI is InChI=1S/C19H24BrF3N2O4/c1-18(2,3)29-17(28)25-14(10-6-8-19(22,23)9-7-10)16(27)24-15-12(26)5-4-11(20)13(15)21/h4-5,10,14,26H,6-9H2,1-3H3,(H,24,27)(H,25,28). The Morgan fingerprint density at radius 2 is 1.86 bits per heavy atom. The van der Waals surface area contributed by atoms with Gasteiger partial charge in [-0.3, -0.25) is 4.79 Å². The van der Waals surface area contributed by atoms with E-state index in [-0.39, 0.29) is 17.3 Å². The topological polar surface area (TPSA) is 87.7 Å². The number of hydrogen-bond acceptors (Lipinski definition) is 4. The van der Waals surface area contributed by atoms with Gasteiger partial charge in [0.05, 0.1) is 4.47 Å². The molecule has 1 unspecified atom stereocenters. The van der Waals surface area contributed by atoms with Crippen molar-refractivity contribution in [2.75, 3.05) is 5.32 Å². The molecule has 162 valence electrons. The Balaban J connectivity index is 2.23. The molecule has 10 heteroatoms. The van der Waals surface area contributed by atoms with Gasteiger partial charge in [-0.1, -0.05) is 0 Å². The fourth-order valence-corrected chi connectivity index (χ4v) is 3.42. The largest absolute Gasteiger partial charge is 0.506 e. The lowest BCUT2D eigenvalue weighted by atomic mass is 9.81. The van der Waals surface area contributed by atoms with Crippen molar-refractivity contribution in [3.8, 4) is 5.75 Å².